The fourth-order valence-corrected chi connectivity index (χ4v) is 6.11. The van der Waals surface area contributed by atoms with Crippen LogP contribution in [0.15, 0.2) is 115 Å². The smallest absolute Gasteiger partial charge is 0.338 e. The van der Waals surface area contributed by atoms with Crippen molar-refractivity contribution >= 4 is 17.5 Å². The average molecular weight is 475 g/mol. The number of ether oxygens (including phenoxy) is 2. The van der Waals surface area contributed by atoms with Gasteiger partial charge in [0.05, 0.1) is 11.1 Å². The van der Waals surface area contributed by atoms with E-state index in [1.807, 2.05) is 48.6 Å². The van der Waals surface area contributed by atoms with E-state index < -0.39 is 35.0 Å². The fourth-order valence-electron chi connectivity index (χ4n) is 6.11. The van der Waals surface area contributed by atoms with Gasteiger partial charge in [0.15, 0.2) is 12.2 Å². The highest BCUT2D eigenvalue weighted by atomic mass is 16.6. The third-order valence-electron chi connectivity index (χ3n) is 8.12. The molecule has 4 nitrogen and oxygen atoms in total. The van der Waals surface area contributed by atoms with Gasteiger partial charge >= 0.3 is 11.9 Å². The van der Waals surface area contributed by atoms with Gasteiger partial charge in [0.2, 0.25) is 0 Å². The first-order valence-electron chi connectivity index (χ1n) is 12.2. The van der Waals surface area contributed by atoms with Crippen LogP contribution in [0.3, 0.4) is 0 Å². The predicted octanol–water partition coefficient (Wildman–Crippen LogP) is 6.31. The Morgan fingerprint density at radius 3 is 1.97 bits per heavy atom. The Morgan fingerprint density at radius 2 is 1.31 bits per heavy atom. The quantitative estimate of drug-likeness (QED) is 0.416. The Hall–Kier alpha value is -4.18. The lowest BCUT2D eigenvalue weighted by atomic mass is 9.45. The highest BCUT2D eigenvalue weighted by Crippen LogP contribution is 2.64. The molecule has 0 heterocycles. The molecule has 0 saturated heterocycles. The van der Waals surface area contributed by atoms with Gasteiger partial charge in [-0.05, 0) is 41.0 Å². The maximum Gasteiger partial charge on any atom is 0.338 e. The van der Waals surface area contributed by atoms with Crippen LogP contribution in [0.2, 0.25) is 0 Å². The summed E-state index contributed by atoms with van der Waals surface area (Å²) in [5.74, 6) is -0.881. The molecule has 4 heteroatoms. The molecule has 0 saturated carbocycles. The molecule has 3 aromatic rings. The number of benzene rings is 3. The van der Waals surface area contributed by atoms with E-state index in [9.17, 15) is 9.59 Å². The van der Waals surface area contributed by atoms with Gasteiger partial charge in [-0.25, -0.2) is 9.59 Å². The minimum atomic E-state index is -0.760. The van der Waals surface area contributed by atoms with E-state index in [0.717, 1.165) is 22.3 Å². The third kappa shape index (κ3) is 3.07. The molecule has 0 fully saturated rings. The molecule has 36 heavy (non-hydrogen) atoms. The Kier molecular flexibility index (Phi) is 5.08. The van der Waals surface area contributed by atoms with E-state index in [2.05, 4.69) is 38.1 Å². The van der Waals surface area contributed by atoms with Gasteiger partial charge in [0, 0.05) is 16.4 Å². The lowest BCUT2D eigenvalue weighted by Gasteiger charge is -2.60. The standard InChI is InChI=1S/C32H26O4/c1-31-20-12-11-19-25(31)26-23-17-9-10-18-24(23)32(31,2)28(36-30(34)22-15-7-4-8-16-22)27(26)35-29(33)21-13-5-3-6-14-21/h3-20,27-28H,1-2H3/t27?,28?,31?,32-/m0/s1. The van der Waals surface area contributed by atoms with Gasteiger partial charge in [-0.2, -0.15) is 0 Å². The van der Waals surface area contributed by atoms with E-state index >= 15 is 0 Å². The summed E-state index contributed by atoms with van der Waals surface area (Å²) in [6.07, 6.45) is 6.84. The van der Waals surface area contributed by atoms with E-state index in [1.54, 1.807) is 36.4 Å². The van der Waals surface area contributed by atoms with Crippen molar-refractivity contribution in [1.82, 2.24) is 0 Å². The van der Waals surface area contributed by atoms with Crippen molar-refractivity contribution in [3.05, 3.63) is 137 Å². The lowest BCUT2D eigenvalue weighted by Crippen LogP contribution is -2.64. The van der Waals surface area contributed by atoms with E-state index in [0.29, 0.717) is 11.1 Å². The second-order valence-electron chi connectivity index (χ2n) is 9.88. The molecule has 3 unspecified atom stereocenters. The summed E-state index contributed by atoms with van der Waals surface area (Å²) in [6, 6.07) is 26.1. The van der Waals surface area contributed by atoms with Crippen LogP contribution < -0.4 is 0 Å². The first-order valence-corrected chi connectivity index (χ1v) is 12.2. The van der Waals surface area contributed by atoms with Crippen LogP contribution in [0.4, 0.5) is 0 Å². The van der Waals surface area contributed by atoms with Crippen molar-refractivity contribution in [3.63, 3.8) is 0 Å². The SMILES string of the molecule is CC12C=CC=CC1=C1c3ccccc3[C@@]2(C)C(OC(=O)c2ccccc2)C1OC(=O)c1ccccc1. The van der Waals surface area contributed by atoms with Gasteiger partial charge in [-0.1, -0.05) is 98.8 Å². The van der Waals surface area contributed by atoms with Crippen LogP contribution in [0.25, 0.3) is 5.57 Å². The van der Waals surface area contributed by atoms with Crippen LogP contribution >= 0.6 is 0 Å². The van der Waals surface area contributed by atoms with Crippen molar-refractivity contribution in [3.8, 4) is 0 Å². The summed E-state index contributed by atoms with van der Waals surface area (Å²) in [4.78, 5) is 26.7. The predicted molar refractivity (Wildman–Crippen MR) is 138 cm³/mol. The summed E-state index contributed by atoms with van der Waals surface area (Å²) in [7, 11) is 0. The number of hydrogen-bond acceptors (Lipinski definition) is 4. The number of rotatable bonds is 4. The van der Waals surface area contributed by atoms with Crippen LogP contribution in [-0.4, -0.2) is 24.1 Å². The van der Waals surface area contributed by atoms with E-state index in [4.69, 9.17) is 9.47 Å². The number of fused-ring (bicyclic) bond motifs is 1. The molecule has 4 aliphatic carbocycles. The molecule has 4 atom stereocenters. The molecule has 0 amide bonds. The van der Waals surface area contributed by atoms with Crippen molar-refractivity contribution in [1.29, 1.82) is 0 Å². The molecular weight excluding hydrogens is 448 g/mol. The third-order valence-corrected chi connectivity index (χ3v) is 8.12. The normalized spacial score (nSPS) is 27.3. The summed E-state index contributed by atoms with van der Waals surface area (Å²) in [6.45, 7) is 4.30. The summed E-state index contributed by atoms with van der Waals surface area (Å²) >= 11 is 0. The van der Waals surface area contributed by atoms with Crippen molar-refractivity contribution in [2.75, 3.05) is 0 Å². The fraction of sp³-hybridized carbons (Fsp3) is 0.188. The maximum atomic E-state index is 13.4. The molecule has 0 radical (unpaired) electrons. The van der Waals surface area contributed by atoms with Gasteiger partial charge < -0.3 is 9.47 Å². The minimum Gasteiger partial charge on any atom is -0.453 e. The molecule has 0 N–H and O–H groups in total. The second kappa shape index (κ2) is 8.20. The molecule has 0 spiro atoms. The molecule has 3 aromatic carbocycles. The Morgan fingerprint density at radius 1 is 0.722 bits per heavy atom. The monoisotopic (exact) mass is 474 g/mol. The van der Waals surface area contributed by atoms with Crippen LogP contribution in [-0.2, 0) is 14.9 Å². The molecular formula is C32H26O4. The van der Waals surface area contributed by atoms with E-state index in [-0.39, 0.29) is 0 Å². The second-order valence-corrected chi connectivity index (χ2v) is 9.88. The van der Waals surface area contributed by atoms with Gasteiger partial charge in [0.25, 0.3) is 0 Å². The first-order chi connectivity index (χ1) is 17.4. The van der Waals surface area contributed by atoms with Crippen LogP contribution in [0, 0.1) is 5.41 Å². The zero-order valence-corrected chi connectivity index (χ0v) is 20.2. The molecule has 0 aliphatic heterocycles. The molecule has 2 bridgehead atoms. The Labute approximate surface area is 210 Å². The number of carbonyl (C=O) groups excluding carboxylic acids is 2. The number of hydrogen-bond donors (Lipinski definition) is 0. The molecule has 7 rings (SSSR count). The highest BCUT2D eigenvalue weighted by molar-refractivity contribution is 5.94. The van der Waals surface area contributed by atoms with Gasteiger partial charge in [0.1, 0.15) is 0 Å². The highest BCUT2D eigenvalue weighted by Gasteiger charge is 2.65. The number of carbonyl (C=O) groups is 2. The molecule has 178 valence electrons. The summed E-state index contributed by atoms with van der Waals surface area (Å²) in [5.41, 5.74) is 3.88. The Bertz CT molecular complexity index is 1450. The summed E-state index contributed by atoms with van der Waals surface area (Å²) < 4.78 is 12.6. The first kappa shape index (κ1) is 22.3. The largest absolute Gasteiger partial charge is 0.453 e. The zero-order chi connectivity index (χ0) is 24.9. The van der Waals surface area contributed by atoms with Gasteiger partial charge in [-0.15, -0.1) is 0 Å². The topological polar surface area (TPSA) is 52.6 Å². The number of allylic oxidation sites excluding steroid dienone is 5. The zero-order valence-electron chi connectivity index (χ0n) is 20.2. The lowest BCUT2D eigenvalue weighted by molar-refractivity contribution is -0.0713. The average Bonchev–Trinajstić information content (AvgIpc) is 2.92. The Balaban J connectivity index is 1.54. The molecule has 4 aliphatic rings. The minimum absolute atomic E-state index is 0.436. The maximum absolute atomic E-state index is 13.4. The van der Waals surface area contributed by atoms with Gasteiger partial charge in [-0.3, -0.25) is 0 Å². The summed E-state index contributed by atoms with van der Waals surface area (Å²) in [5, 5.41) is 0. The van der Waals surface area contributed by atoms with E-state index in [1.165, 1.54) is 0 Å². The van der Waals surface area contributed by atoms with Crippen molar-refractivity contribution in [2.45, 2.75) is 31.5 Å². The molecule has 0 aromatic heterocycles. The van der Waals surface area contributed by atoms with Crippen molar-refractivity contribution in [2.24, 2.45) is 5.41 Å². The number of esters is 2. The van der Waals surface area contributed by atoms with Crippen molar-refractivity contribution < 1.29 is 19.1 Å². The van der Waals surface area contributed by atoms with Crippen LogP contribution in [0.5, 0.6) is 0 Å². The van der Waals surface area contributed by atoms with Crippen LogP contribution in [0.1, 0.15) is 45.7 Å².